The second-order valence-corrected chi connectivity index (χ2v) is 7.98. The molecule has 1 heterocycles. The van der Waals surface area contributed by atoms with E-state index in [1.54, 1.807) is 6.92 Å². The van der Waals surface area contributed by atoms with Crippen LogP contribution in [0.15, 0.2) is 58.3 Å². The van der Waals surface area contributed by atoms with E-state index >= 15 is 0 Å². The summed E-state index contributed by atoms with van der Waals surface area (Å²) in [4.78, 5) is 26.8. The summed E-state index contributed by atoms with van der Waals surface area (Å²) in [5.74, 6) is -1.30. The maximum absolute atomic E-state index is 13.4. The zero-order valence-electron chi connectivity index (χ0n) is 14.1. The lowest BCUT2D eigenvalue weighted by atomic mass is 10.2. The summed E-state index contributed by atoms with van der Waals surface area (Å²) < 4.78 is 14.1. The van der Waals surface area contributed by atoms with Crippen molar-refractivity contribution in [3.8, 4) is 11.3 Å². The maximum atomic E-state index is 13.4. The predicted molar refractivity (Wildman–Crippen MR) is 105 cm³/mol. The van der Waals surface area contributed by atoms with Crippen LogP contribution in [0.1, 0.15) is 6.92 Å². The minimum absolute atomic E-state index is 0.171. The average Bonchev–Trinajstić information content (AvgIpc) is 3.12. The quantitative estimate of drug-likeness (QED) is 0.357. The summed E-state index contributed by atoms with van der Waals surface area (Å²) in [5, 5.41) is 14.8. The average molecular weight is 403 g/mol. The minimum atomic E-state index is -0.948. The van der Waals surface area contributed by atoms with E-state index in [9.17, 15) is 19.3 Å². The molecular formula is C18H14FN3O3S2. The number of aromatic nitrogens is 1. The van der Waals surface area contributed by atoms with Crippen molar-refractivity contribution >= 4 is 40.4 Å². The largest absolute Gasteiger partial charge is 0.325 e. The number of hydrogen-bond donors (Lipinski definition) is 1. The van der Waals surface area contributed by atoms with E-state index in [0.717, 1.165) is 27.7 Å². The number of carbonyl (C=O) groups excluding carboxylic acids is 1. The number of nitro benzene ring substituents is 1. The standard InChI is InChI=1S/C18H14FN3O3S2/c1-11(17(23)20-13-7-8-14(19)16(9-13)22(24)25)27-18-21-15(10-26-18)12-5-3-2-4-6-12/h2-11H,1H3,(H,20,23). The Morgan fingerprint density at radius 1 is 1.30 bits per heavy atom. The molecule has 0 aliphatic carbocycles. The number of benzene rings is 2. The van der Waals surface area contributed by atoms with Gasteiger partial charge in [0.15, 0.2) is 4.34 Å². The van der Waals surface area contributed by atoms with Gasteiger partial charge in [0.1, 0.15) is 0 Å². The van der Waals surface area contributed by atoms with E-state index < -0.39 is 21.7 Å². The Hall–Kier alpha value is -2.78. The Labute approximate surface area is 162 Å². The maximum Gasteiger partial charge on any atom is 0.306 e. The van der Waals surface area contributed by atoms with Crippen molar-refractivity contribution in [2.45, 2.75) is 16.5 Å². The number of thiazole rings is 1. The number of rotatable bonds is 6. The Balaban J connectivity index is 1.65. The van der Waals surface area contributed by atoms with Gasteiger partial charge in [-0.1, -0.05) is 42.1 Å². The molecule has 0 radical (unpaired) electrons. The lowest BCUT2D eigenvalue weighted by Crippen LogP contribution is -2.22. The molecule has 0 fully saturated rings. The first kappa shape index (κ1) is 19.0. The third kappa shape index (κ3) is 4.69. The molecular weight excluding hydrogens is 389 g/mol. The molecule has 0 spiro atoms. The SMILES string of the molecule is CC(Sc1nc(-c2ccccc2)cs1)C(=O)Nc1ccc(F)c([N+](=O)[O-])c1. The first-order valence-electron chi connectivity index (χ1n) is 7.86. The molecule has 0 bridgehead atoms. The fraction of sp³-hybridized carbons (Fsp3) is 0.111. The van der Waals surface area contributed by atoms with Gasteiger partial charge < -0.3 is 5.32 Å². The second-order valence-electron chi connectivity index (χ2n) is 5.54. The molecule has 0 aliphatic rings. The van der Waals surface area contributed by atoms with Crippen LogP contribution in [0.2, 0.25) is 0 Å². The molecule has 1 unspecified atom stereocenters. The van der Waals surface area contributed by atoms with Crippen LogP contribution < -0.4 is 5.32 Å². The first-order valence-corrected chi connectivity index (χ1v) is 9.62. The molecule has 6 nitrogen and oxygen atoms in total. The van der Waals surface area contributed by atoms with Gasteiger partial charge in [-0.2, -0.15) is 4.39 Å². The van der Waals surface area contributed by atoms with Crippen LogP contribution in [0.3, 0.4) is 0 Å². The highest BCUT2D eigenvalue weighted by Gasteiger charge is 2.19. The summed E-state index contributed by atoms with van der Waals surface area (Å²) in [7, 11) is 0. The highest BCUT2D eigenvalue weighted by molar-refractivity contribution is 8.02. The minimum Gasteiger partial charge on any atom is -0.325 e. The molecule has 3 aromatic rings. The van der Waals surface area contributed by atoms with Gasteiger partial charge in [0.25, 0.3) is 0 Å². The fourth-order valence-electron chi connectivity index (χ4n) is 2.23. The van der Waals surface area contributed by atoms with Gasteiger partial charge in [-0.15, -0.1) is 11.3 Å². The van der Waals surface area contributed by atoms with E-state index in [4.69, 9.17) is 0 Å². The molecule has 27 heavy (non-hydrogen) atoms. The van der Waals surface area contributed by atoms with Crippen molar-refractivity contribution in [3.63, 3.8) is 0 Å². The molecule has 3 rings (SSSR count). The van der Waals surface area contributed by atoms with Crippen LogP contribution in [0, 0.1) is 15.9 Å². The van der Waals surface area contributed by atoms with Crippen LogP contribution in [0.4, 0.5) is 15.8 Å². The van der Waals surface area contributed by atoms with Crippen LogP contribution >= 0.6 is 23.1 Å². The third-order valence-corrected chi connectivity index (χ3v) is 5.68. The number of halogens is 1. The number of thioether (sulfide) groups is 1. The summed E-state index contributed by atoms with van der Waals surface area (Å²) >= 11 is 2.73. The zero-order valence-corrected chi connectivity index (χ0v) is 15.7. The van der Waals surface area contributed by atoms with Gasteiger partial charge >= 0.3 is 5.69 Å². The van der Waals surface area contributed by atoms with E-state index in [0.29, 0.717) is 0 Å². The monoisotopic (exact) mass is 403 g/mol. The Bertz CT molecular complexity index is 979. The molecule has 0 saturated heterocycles. The number of anilines is 1. The van der Waals surface area contributed by atoms with Crippen LogP contribution in [-0.4, -0.2) is 21.1 Å². The first-order chi connectivity index (χ1) is 12.9. The summed E-state index contributed by atoms with van der Waals surface area (Å²) in [6.45, 7) is 1.71. The Morgan fingerprint density at radius 3 is 2.74 bits per heavy atom. The molecule has 1 atom stereocenters. The Morgan fingerprint density at radius 2 is 2.04 bits per heavy atom. The normalized spacial score (nSPS) is 11.8. The van der Waals surface area contributed by atoms with E-state index in [-0.39, 0.29) is 11.6 Å². The van der Waals surface area contributed by atoms with E-state index in [2.05, 4.69) is 10.3 Å². The van der Waals surface area contributed by atoms with Gasteiger partial charge in [-0.25, -0.2) is 4.98 Å². The number of nitrogens with zero attached hydrogens (tertiary/aromatic N) is 2. The summed E-state index contributed by atoms with van der Waals surface area (Å²) in [5.41, 5.74) is 1.33. The highest BCUT2D eigenvalue weighted by atomic mass is 32.2. The second kappa shape index (κ2) is 8.28. The van der Waals surface area contributed by atoms with Crippen molar-refractivity contribution < 1.29 is 14.1 Å². The van der Waals surface area contributed by atoms with Crippen LogP contribution in [-0.2, 0) is 4.79 Å². The van der Waals surface area contributed by atoms with Crippen LogP contribution in [0.5, 0.6) is 0 Å². The van der Waals surface area contributed by atoms with Crippen molar-refractivity contribution in [2.24, 2.45) is 0 Å². The van der Waals surface area contributed by atoms with Gasteiger partial charge in [-0.3, -0.25) is 14.9 Å². The summed E-state index contributed by atoms with van der Waals surface area (Å²) in [6.07, 6.45) is 0. The number of amides is 1. The van der Waals surface area contributed by atoms with Crippen LogP contribution in [0.25, 0.3) is 11.3 Å². The van der Waals surface area contributed by atoms with E-state index in [1.807, 2.05) is 35.7 Å². The van der Waals surface area contributed by atoms with Crippen molar-refractivity contribution in [2.75, 3.05) is 5.32 Å². The molecule has 138 valence electrons. The smallest absolute Gasteiger partial charge is 0.306 e. The number of hydrogen-bond acceptors (Lipinski definition) is 6. The molecule has 1 aromatic heterocycles. The van der Waals surface area contributed by atoms with Crippen molar-refractivity contribution in [1.29, 1.82) is 0 Å². The molecule has 0 saturated carbocycles. The van der Waals surface area contributed by atoms with Crippen molar-refractivity contribution in [3.05, 3.63) is 69.8 Å². The molecule has 9 heteroatoms. The lowest BCUT2D eigenvalue weighted by molar-refractivity contribution is -0.387. The predicted octanol–water partition coefficient (Wildman–Crippen LogP) is 4.98. The van der Waals surface area contributed by atoms with Crippen molar-refractivity contribution in [1.82, 2.24) is 4.98 Å². The van der Waals surface area contributed by atoms with Gasteiger partial charge in [0, 0.05) is 22.7 Å². The molecule has 0 aliphatic heterocycles. The highest BCUT2D eigenvalue weighted by Crippen LogP contribution is 2.31. The third-order valence-electron chi connectivity index (χ3n) is 3.61. The van der Waals surface area contributed by atoms with Gasteiger partial charge in [0.2, 0.25) is 11.7 Å². The number of nitrogens with one attached hydrogen (secondary N) is 1. The summed E-state index contributed by atoms with van der Waals surface area (Å²) in [6, 6.07) is 13.0. The topological polar surface area (TPSA) is 85.1 Å². The zero-order chi connectivity index (χ0) is 19.4. The number of carbonyl (C=O) groups is 1. The van der Waals surface area contributed by atoms with Gasteiger partial charge in [0.05, 0.1) is 15.9 Å². The van der Waals surface area contributed by atoms with Gasteiger partial charge in [-0.05, 0) is 19.1 Å². The molecule has 1 amide bonds. The molecule has 1 N–H and O–H groups in total. The Kier molecular flexibility index (Phi) is 5.82. The van der Waals surface area contributed by atoms with E-state index in [1.165, 1.54) is 29.2 Å². The number of nitro groups is 1. The lowest BCUT2D eigenvalue weighted by Gasteiger charge is -2.10. The fourth-order valence-corrected chi connectivity index (χ4v) is 4.20. The molecule has 2 aromatic carbocycles.